The number of fused-ring (bicyclic) bond motifs is 1. The molecule has 4 atom stereocenters. The topological polar surface area (TPSA) is 0 Å². The van der Waals surface area contributed by atoms with Crippen molar-refractivity contribution in [2.24, 2.45) is 17.8 Å². The Labute approximate surface area is 135 Å². The molecule has 0 bridgehead atoms. The predicted molar refractivity (Wildman–Crippen MR) is 92.1 cm³/mol. The first-order valence-corrected chi connectivity index (χ1v) is 9.27. The molecule has 0 nitrogen and oxygen atoms in total. The molecule has 4 unspecified atom stereocenters. The number of aryl methyl sites for hydroxylation is 2. The fraction of sp³-hybridized carbons (Fsp3) is 0.700. The van der Waals surface area contributed by atoms with Crippen LogP contribution in [0.1, 0.15) is 61.6 Å². The van der Waals surface area contributed by atoms with E-state index in [-0.39, 0.29) is 0 Å². The van der Waals surface area contributed by atoms with E-state index in [1.807, 2.05) is 0 Å². The van der Waals surface area contributed by atoms with Gasteiger partial charge < -0.3 is 0 Å². The van der Waals surface area contributed by atoms with Crippen LogP contribution in [-0.4, -0.2) is 5.38 Å². The molecular weight excluding hydrogens is 276 g/mol. The van der Waals surface area contributed by atoms with E-state index in [0.29, 0.717) is 5.38 Å². The molecule has 1 heteroatoms. The van der Waals surface area contributed by atoms with Gasteiger partial charge in [-0.2, -0.15) is 0 Å². The smallest absolute Gasteiger partial charge is 0.0404 e. The largest absolute Gasteiger partial charge is 0.122 e. The molecule has 0 heterocycles. The van der Waals surface area contributed by atoms with Gasteiger partial charge in [-0.05, 0) is 74.0 Å². The summed E-state index contributed by atoms with van der Waals surface area (Å²) in [5, 5.41) is 0.329. The Morgan fingerprint density at radius 1 is 1.00 bits per heavy atom. The minimum atomic E-state index is 0.329. The molecule has 1 aromatic carbocycles. The molecule has 3 rings (SSSR count). The summed E-state index contributed by atoms with van der Waals surface area (Å²) in [6, 6.07) is 6.84. The van der Waals surface area contributed by atoms with Gasteiger partial charge in [-0.3, -0.25) is 0 Å². The summed E-state index contributed by atoms with van der Waals surface area (Å²) >= 11 is 6.82. The second-order valence-corrected chi connectivity index (χ2v) is 8.08. The predicted octanol–water partition coefficient (Wildman–Crippen LogP) is 6.06. The lowest BCUT2D eigenvalue weighted by molar-refractivity contribution is 0.127. The molecule has 0 aliphatic heterocycles. The van der Waals surface area contributed by atoms with Crippen molar-refractivity contribution < 1.29 is 0 Å². The van der Waals surface area contributed by atoms with Gasteiger partial charge in [-0.15, -0.1) is 11.6 Å². The van der Waals surface area contributed by atoms with Crippen LogP contribution in [0.5, 0.6) is 0 Å². The monoisotopic (exact) mass is 304 g/mol. The molecule has 0 N–H and O–H groups in total. The van der Waals surface area contributed by atoms with E-state index in [0.717, 1.165) is 24.2 Å². The third kappa shape index (κ3) is 3.65. The zero-order chi connectivity index (χ0) is 14.8. The average molecular weight is 305 g/mol. The number of alkyl halides is 1. The molecule has 2 aliphatic rings. The minimum absolute atomic E-state index is 0.329. The van der Waals surface area contributed by atoms with E-state index in [9.17, 15) is 0 Å². The van der Waals surface area contributed by atoms with Gasteiger partial charge in [0.2, 0.25) is 0 Å². The number of benzene rings is 1. The van der Waals surface area contributed by atoms with E-state index in [1.54, 1.807) is 0 Å². The number of halogens is 1. The number of hydrogen-bond acceptors (Lipinski definition) is 0. The SMILES string of the molecule is Cc1ccc(CC(Cl)C2CCC3CCCCC3C2)cc1C. The first-order chi connectivity index (χ1) is 10.1. The highest BCUT2D eigenvalue weighted by atomic mass is 35.5. The van der Waals surface area contributed by atoms with Crippen LogP contribution < -0.4 is 0 Å². The standard InChI is InChI=1S/C20H29Cl/c1-14-7-8-16(11-15(14)2)12-20(21)19-10-9-17-5-3-4-6-18(17)13-19/h7-8,11,17-20H,3-6,9-10,12-13H2,1-2H3. The highest BCUT2D eigenvalue weighted by Crippen LogP contribution is 2.44. The molecule has 0 spiro atoms. The van der Waals surface area contributed by atoms with Gasteiger partial charge in [0.25, 0.3) is 0 Å². The van der Waals surface area contributed by atoms with Crippen LogP contribution in [0, 0.1) is 31.6 Å². The molecule has 0 aromatic heterocycles. The Morgan fingerprint density at radius 3 is 2.52 bits per heavy atom. The van der Waals surface area contributed by atoms with E-state index < -0.39 is 0 Å². The van der Waals surface area contributed by atoms with E-state index >= 15 is 0 Å². The van der Waals surface area contributed by atoms with E-state index in [2.05, 4.69) is 32.0 Å². The van der Waals surface area contributed by atoms with Crippen molar-refractivity contribution in [3.05, 3.63) is 34.9 Å². The summed E-state index contributed by atoms with van der Waals surface area (Å²) in [4.78, 5) is 0. The molecule has 0 amide bonds. The first-order valence-electron chi connectivity index (χ1n) is 8.83. The fourth-order valence-electron chi connectivity index (χ4n) is 4.56. The van der Waals surface area contributed by atoms with E-state index in [4.69, 9.17) is 11.6 Å². The summed E-state index contributed by atoms with van der Waals surface area (Å²) in [5.41, 5.74) is 4.20. The normalized spacial score (nSPS) is 30.7. The third-order valence-corrected chi connectivity index (χ3v) is 6.60. The molecule has 116 valence electrons. The number of hydrogen-bond donors (Lipinski definition) is 0. The van der Waals surface area contributed by atoms with Crippen LogP contribution in [-0.2, 0) is 6.42 Å². The third-order valence-electron chi connectivity index (χ3n) is 6.09. The Bertz CT molecular complexity index is 479. The Morgan fingerprint density at radius 2 is 1.76 bits per heavy atom. The number of rotatable bonds is 3. The highest BCUT2D eigenvalue weighted by Gasteiger charge is 2.34. The van der Waals surface area contributed by atoms with Crippen molar-refractivity contribution in [2.75, 3.05) is 0 Å². The minimum Gasteiger partial charge on any atom is -0.122 e. The molecule has 2 aliphatic carbocycles. The second kappa shape index (κ2) is 6.73. The average Bonchev–Trinajstić information content (AvgIpc) is 2.50. The second-order valence-electron chi connectivity index (χ2n) is 7.52. The van der Waals surface area contributed by atoms with Crippen molar-refractivity contribution in [2.45, 2.75) is 70.6 Å². The Kier molecular flexibility index (Phi) is 4.94. The van der Waals surface area contributed by atoms with Crippen molar-refractivity contribution in [1.82, 2.24) is 0 Å². The van der Waals surface area contributed by atoms with Crippen LogP contribution in [0.4, 0.5) is 0 Å². The lowest BCUT2D eigenvalue weighted by atomic mass is 9.66. The maximum absolute atomic E-state index is 6.82. The Balaban J connectivity index is 1.60. The van der Waals surface area contributed by atoms with Crippen LogP contribution in [0.2, 0.25) is 0 Å². The first kappa shape index (κ1) is 15.4. The van der Waals surface area contributed by atoms with Gasteiger partial charge >= 0.3 is 0 Å². The molecule has 21 heavy (non-hydrogen) atoms. The summed E-state index contributed by atoms with van der Waals surface area (Å²) in [6.45, 7) is 4.39. The maximum Gasteiger partial charge on any atom is 0.0404 e. The van der Waals surface area contributed by atoms with Gasteiger partial charge in [-0.25, -0.2) is 0 Å². The summed E-state index contributed by atoms with van der Waals surface area (Å²) in [5.74, 6) is 2.76. The van der Waals surface area contributed by atoms with Crippen molar-refractivity contribution in [3.8, 4) is 0 Å². The van der Waals surface area contributed by atoms with Gasteiger partial charge in [0.05, 0.1) is 0 Å². The van der Waals surface area contributed by atoms with E-state index in [1.165, 1.54) is 61.6 Å². The van der Waals surface area contributed by atoms with Gasteiger partial charge in [-0.1, -0.05) is 43.9 Å². The molecule has 1 aromatic rings. The van der Waals surface area contributed by atoms with Crippen molar-refractivity contribution >= 4 is 11.6 Å². The molecular formula is C20H29Cl. The van der Waals surface area contributed by atoms with Crippen LogP contribution >= 0.6 is 11.6 Å². The van der Waals surface area contributed by atoms with Gasteiger partial charge in [0.15, 0.2) is 0 Å². The van der Waals surface area contributed by atoms with Crippen LogP contribution in [0.15, 0.2) is 18.2 Å². The molecule has 2 fully saturated rings. The molecule has 0 radical (unpaired) electrons. The lowest BCUT2D eigenvalue weighted by Gasteiger charge is -2.40. The zero-order valence-corrected chi connectivity index (χ0v) is 14.3. The zero-order valence-electron chi connectivity index (χ0n) is 13.6. The Hall–Kier alpha value is -0.490. The fourth-order valence-corrected chi connectivity index (χ4v) is 4.97. The van der Waals surface area contributed by atoms with Gasteiger partial charge in [0.1, 0.15) is 0 Å². The van der Waals surface area contributed by atoms with Gasteiger partial charge in [0, 0.05) is 5.38 Å². The van der Waals surface area contributed by atoms with Crippen molar-refractivity contribution in [3.63, 3.8) is 0 Å². The van der Waals surface area contributed by atoms with Crippen molar-refractivity contribution in [1.29, 1.82) is 0 Å². The lowest BCUT2D eigenvalue weighted by Crippen LogP contribution is -2.32. The summed E-state index contributed by atoms with van der Waals surface area (Å²) in [6.07, 6.45) is 11.1. The molecule has 2 saturated carbocycles. The summed E-state index contributed by atoms with van der Waals surface area (Å²) < 4.78 is 0. The molecule has 0 saturated heterocycles. The highest BCUT2D eigenvalue weighted by molar-refractivity contribution is 6.20. The maximum atomic E-state index is 6.82. The van der Waals surface area contributed by atoms with Crippen LogP contribution in [0.25, 0.3) is 0 Å². The summed E-state index contributed by atoms with van der Waals surface area (Å²) in [7, 11) is 0. The van der Waals surface area contributed by atoms with Crippen LogP contribution in [0.3, 0.4) is 0 Å². The quantitative estimate of drug-likeness (QED) is 0.595.